The lowest BCUT2D eigenvalue weighted by atomic mass is 10.2. The molecule has 0 bridgehead atoms. The normalized spacial score (nSPS) is 10.6. The number of esters is 1. The zero-order valence-electron chi connectivity index (χ0n) is 11.1. The first-order valence-corrected chi connectivity index (χ1v) is 7.06. The Morgan fingerprint density at radius 3 is 2.76 bits per heavy atom. The van der Waals surface area contributed by atoms with Crippen molar-refractivity contribution in [3.63, 3.8) is 0 Å². The lowest BCUT2D eigenvalue weighted by molar-refractivity contribution is 0.0593. The first-order chi connectivity index (χ1) is 10.2. The number of aromatic nitrogens is 2. The van der Waals surface area contributed by atoms with Gasteiger partial charge in [0.05, 0.1) is 17.7 Å². The van der Waals surface area contributed by atoms with Crippen LogP contribution in [0, 0.1) is 5.82 Å². The number of hydrogen-bond acceptors (Lipinski definition) is 4. The predicted molar refractivity (Wildman–Crippen MR) is 78.2 cm³/mol. The minimum atomic E-state index is -0.553. The molecule has 4 nitrogen and oxygen atoms in total. The molecular weight excluding hydrogens is 291 g/mol. The maximum Gasteiger partial charge on any atom is 0.358 e. The lowest BCUT2D eigenvalue weighted by Gasteiger charge is -2.06. The van der Waals surface area contributed by atoms with Crippen LogP contribution in [0.3, 0.4) is 0 Å². The van der Waals surface area contributed by atoms with Crippen molar-refractivity contribution < 1.29 is 13.9 Å². The molecule has 3 aromatic rings. The van der Waals surface area contributed by atoms with Gasteiger partial charge in [-0.1, -0.05) is 18.2 Å². The van der Waals surface area contributed by atoms with Crippen LogP contribution in [0.2, 0.25) is 0 Å². The Morgan fingerprint density at radius 1 is 1.29 bits per heavy atom. The molecule has 0 aliphatic carbocycles. The monoisotopic (exact) mass is 302 g/mol. The van der Waals surface area contributed by atoms with E-state index < -0.39 is 11.8 Å². The smallest absolute Gasteiger partial charge is 0.358 e. The Morgan fingerprint density at radius 2 is 2.10 bits per heavy atom. The Hall–Kier alpha value is -2.47. The molecule has 0 aliphatic heterocycles. The number of benzene rings is 1. The number of hydrogen-bond donors (Lipinski definition) is 0. The summed E-state index contributed by atoms with van der Waals surface area (Å²) in [5.41, 5.74) is 1.08. The third-order valence-electron chi connectivity index (χ3n) is 2.96. The van der Waals surface area contributed by atoms with Crippen LogP contribution in [0.25, 0.3) is 16.3 Å². The molecule has 0 atom stereocenters. The number of halogens is 1. The third-order valence-corrected chi connectivity index (χ3v) is 3.85. The van der Waals surface area contributed by atoms with Crippen molar-refractivity contribution in [2.45, 2.75) is 0 Å². The highest BCUT2D eigenvalue weighted by Crippen LogP contribution is 2.29. The number of nitrogens with zero attached hydrogens (tertiary/aromatic N) is 2. The minimum absolute atomic E-state index is 0.143. The number of ether oxygens (including phenoxy) is 1. The summed E-state index contributed by atoms with van der Waals surface area (Å²) in [5.74, 6) is -0.960. The van der Waals surface area contributed by atoms with Gasteiger partial charge in [0.1, 0.15) is 11.5 Å². The third kappa shape index (κ3) is 2.45. The highest BCUT2D eigenvalue weighted by atomic mass is 32.1. The minimum Gasteiger partial charge on any atom is -0.464 e. The second-order valence-electron chi connectivity index (χ2n) is 4.25. The van der Waals surface area contributed by atoms with Crippen LogP contribution in [-0.2, 0) is 4.74 Å². The summed E-state index contributed by atoms with van der Waals surface area (Å²) in [6.45, 7) is 0. The molecule has 6 heteroatoms. The summed E-state index contributed by atoms with van der Waals surface area (Å²) >= 11 is 1.49. The van der Waals surface area contributed by atoms with Crippen molar-refractivity contribution in [2.24, 2.45) is 0 Å². The standard InChI is InChI=1S/C15H11FN2O2S/c1-20-15(19)11-9-13(14-7-4-8-21-14)18(17-11)12-6-3-2-5-10(12)16/h2-9H,1H3. The van der Waals surface area contributed by atoms with Crippen LogP contribution in [0.1, 0.15) is 10.5 Å². The second kappa shape index (κ2) is 5.49. The largest absolute Gasteiger partial charge is 0.464 e. The quantitative estimate of drug-likeness (QED) is 0.695. The van der Waals surface area contributed by atoms with Crippen LogP contribution in [-0.4, -0.2) is 22.9 Å². The molecule has 0 unspecified atom stereocenters. The molecule has 2 aromatic heterocycles. The average molecular weight is 302 g/mol. The van der Waals surface area contributed by atoms with Crippen LogP contribution in [0.4, 0.5) is 4.39 Å². The summed E-state index contributed by atoms with van der Waals surface area (Å²) < 4.78 is 20.1. The molecule has 0 radical (unpaired) electrons. The molecule has 0 fully saturated rings. The first-order valence-electron chi connectivity index (χ1n) is 6.18. The van der Waals surface area contributed by atoms with Crippen LogP contribution in [0.5, 0.6) is 0 Å². The van der Waals surface area contributed by atoms with E-state index in [4.69, 9.17) is 0 Å². The van der Waals surface area contributed by atoms with Crippen LogP contribution >= 0.6 is 11.3 Å². The highest BCUT2D eigenvalue weighted by molar-refractivity contribution is 7.13. The average Bonchev–Trinajstić information content (AvgIpc) is 3.15. The van der Waals surface area contributed by atoms with E-state index in [1.54, 1.807) is 24.3 Å². The predicted octanol–water partition coefficient (Wildman–Crippen LogP) is 3.53. The summed E-state index contributed by atoms with van der Waals surface area (Å²) in [6.07, 6.45) is 0. The fraction of sp³-hybridized carbons (Fsp3) is 0.0667. The van der Waals surface area contributed by atoms with E-state index in [9.17, 15) is 9.18 Å². The second-order valence-corrected chi connectivity index (χ2v) is 5.19. The molecule has 2 heterocycles. The fourth-order valence-electron chi connectivity index (χ4n) is 1.99. The molecular formula is C15H11FN2O2S. The zero-order valence-corrected chi connectivity index (χ0v) is 11.9. The van der Waals surface area contributed by atoms with Crippen LogP contribution in [0.15, 0.2) is 47.8 Å². The molecule has 1 aromatic carbocycles. The van der Waals surface area contributed by atoms with Gasteiger partial charge in [-0.15, -0.1) is 11.3 Å². The van der Waals surface area contributed by atoms with E-state index in [-0.39, 0.29) is 11.4 Å². The van der Waals surface area contributed by atoms with Gasteiger partial charge in [-0.25, -0.2) is 13.9 Å². The molecule has 0 N–H and O–H groups in total. The maximum atomic E-state index is 14.0. The molecule has 0 aliphatic rings. The topological polar surface area (TPSA) is 44.1 Å². The van der Waals surface area contributed by atoms with E-state index in [2.05, 4.69) is 9.84 Å². The van der Waals surface area contributed by atoms with Crippen LogP contribution < -0.4 is 0 Å². The van der Waals surface area contributed by atoms with E-state index in [0.29, 0.717) is 5.69 Å². The number of carbonyl (C=O) groups is 1. The van der Waals surface area contributed by atoms with Gasteiger partial charge in [-0.2, -0.15) is 5.10 Å². The van der Waals surface area contributed by atoms with Gasteiger partial charge >= 0.3 is 5.97 Å². The summed E-state index contributed by atoms with van der Waals surface area (Å²) in [6, 6.07) is 11.7. The van der Waals surface area contributed by atoms with E-state index in [1.807, 2.05) is 17.5 Å². The molecule has 3 rings (SSSR count). The number of carbonyl (C=O) groups excluding carboxylic acids is 1. The summed E-state index contributed by atoms with van der Waals surface area (Å²) in [5, 5.41) is 6.09. The Bertz CT molecular complexity index is 781. The van der Waals surface area contributed by atoms with Crippen molar-refractivity contribution in [3.8, 4) is 16.3 Å². The van der Waals surface area contributed by atoms with Gasteiger partial charge in [0.2, 0.25) is 0 Å². The number of para-hydroxylation sites is 1. The van der Waals surface area contributed by atoms with Gasteiger partial charge in [-0.3, -0.25) is 0 Å². The number of methoxy groups -OCH3 is 1. The molecule has 106 valence electrons. The van der Waals surface area contributed by atoms with E-state index in [0.717, 1.165) is 4.88 Å². The SMILES string of the molecule is COC(=O)c1cc(-c2cccs2)n(-c2ccccc2F)n1. The van der Waals surface area contributed by atoms with Crippen molar-refractivity contribution >= 4 is 17.3 Å². The van der Waals surface area contributed by atoms with E-state index in [1.165, 1.54) is 29.2 Å². The maximum absolute atomic E-state index is 14.0. The van der Waals surface area contributed by atoms with E-state index >= 15 is 0 Å². The number of rotatable bonds is 3. The Labute approximate surface area is 124 Å². The lowest BCUT2D eigenvalue weighted by Crippen LogP contribution is -2.05. The van der Waals surface area contributed by atoms with Gasteiger partial charge < -0.3 is 4.74 Å². The van der Waals surface area contributed by atoms with Gasteiger partial charge in [0.25, 0.3) is 0 Å². The molecule has 0 saturated carbocycles. The highest BCUT2D eigenvalue weighted by Gasteiger charge is 2.19. The Kier molecular flexibility index (Phi) is 3.53. The first kappa shape index (κ1) is 13.5. The van der Waals surface area contributed by atoms with Gasteiger partial charge in [0, 0.05) is 6.07 Å². The van der Waals surface area contributed by atoms with Gasteiger partial charge in [0.15, 0.2) is 5.69 Å². The molecule has 0 amide bonds. The van der Waals surface area contributed by atoms with Crippen molar-refractivity contribution in [1.82, 2.24) is 9.78 Å². The van der Waals surface area contributed by atoms with Crippen molar-refractivity contribution in [2.75, 3.05) is 7.11 Å². The zero-order chi connectivity index (χ0) is 14.8. The van der Waals surface area contributed by atoms with Crippen molar-refractivity contribution in [3.05, 3.63) is 59.4 Å². The summed E-state index contributed by atoms with van der Waals surface area (Å²) in [4.78, 5) is 12.6. The molecule has 21 heavy (non-hydrogen) atoms. The number of thiophene rings is 1. The molecule has 0 saturated heterocycles. The molecule has 0 spiro atoms. The summed E-state index contributed by atoms with van der Waals surface area (Å²) in [7, 11) is 1.29. The Balaban J connectivity index is 2.21. The fourth-order valence-corrected chi connectivity index (χ4v) is 2.72. The van der Waals surface area contributed by atoms with Crippen molar-refractivity contribution in [1.29, 1.82) is 0 Å². The van der Waals surface area contributed by atoms with Gasteiger partial charge in [-0.05, 0) is 23.6 Å².